The highest BCUT2D eigenvalue weighted by Crippen LogP contribution is 2.22. The number of rotatable bonds is 6. The zero-order chi connectivity index (χ0) is 18.4. The van der Waals surface area contributed by atoms with Crippen LogP contribution >= 0.6 is 11.5 Å². The third-order valence-corrected chi connectivity index (χ3v) is 6.35. The van der Waals surface area contributed by atoms with Crippen LogP contribution in [0, 0.1) is 0 Å². The van der Waals surface area contributed by atoms with Crippen LogP contribution in [0.4, 0.5) is 5.13 Å². The fraction of sp³-hybridized carbons (Fsp3) is 0.833. The topological polar surface area (TPSA) is 59.9 Å². The minimum Gasteiger partial charge on any atom is -0.355 e. The van der Waals surface area contributed by atoms with Crippen molar-refractivity contribution in [1.82, 2.24) is 24.5 Å². The first-order valence-electron chi connectivity index (χ1n) is 9.94. The highest BCUT2D eigenvalue weighted by molar-refractivity contribution is 7.09. The highest BCUT2D eigenvalue weighted by Gasteiger charge is 2.23. The molecule has 2 aliphatic rings. The Kier molecular flexibility index (Phi) is 7.07. The standard InChI is InChI=1S/C18H33N7S/c1-4-16-21-18(26-22-16)25-13-11-24(12-14-25)17(19-2)20-9-10-23(3)15-7-5-6-8-15/h15H,4-14H2,1-3H3,(H,19,20). The molecular formula is C18H33N7S. The van der Waals surface area contributed by atoms with Gasteiger partial charge in [-0.25, -0.2) is 4.98 Å². The first-order valence-corrected chi connectivity index (χ1v) is 10.7. The Balaban J connectivity index is 1.41. The molecule has 1 saturated heterocycles. The molecule has 0 atom stereocenters. The Labute approximate surface area is 161 Å². The lowest BCUT2D eigenvalue weighted by Crippen LogP contribution is -2.53. The van der Waals surface area contributed by atoms with Gasteiger partial charge in [-0.05, 0) is 19.9 Å². The van der Waals surface area contributed by atoms with Crippen molar-refractivity contribution in [3.05, 3.63) is 5.82 Å². The average Bonchev–Trinajstić information content (AvgIpc) is 3.37. The number of piperazine rings is 1. The predicted octanol–water partition coefficient (Wildman–Crippen LogP) is 1.67. The summed E-state index contributed by atoms with van der Waals surface area (Å²) in [5, 5.41) is 4.61. The fourth-order valence-electron chi connectivity index (χ4n) is 3.83. The molecule has 0 radical (unpaired) electrons. The van der Waals surface area contributed by atoms with Gasteiger partial charge in [-0.15, -0.1) is 0 Å². The molecule has 7 nitrogen and oxygen atoms in total. The Morgan fingerprint density at radius 3 is 2.62 bits per heavy atom. The molecule has 0 bridgehead atoms. The monoisotopic (exact) mass is 379 g/mol. The lowest BCUT2D eigenvalue weighted by Gasteiger charge is -2.36. The maximum absolute atomic E-state index is 4.61. The number of anilines is 1. The quantitative estimate of drug-likeness (QED) is 0.599. The van der Waals surface area contributed by atoms with Crippen molar-refractivity contribution in [3.63, 3.8) is 0 Å². The minimum atomic E-state index is 0.780. The number of hydrogen-bond donors (Lipinski definition) is 1. The smallest absolute Gasteiger partial charge is 0.205 e. The third-order valence-electron chi connectivity index (χ3n) is 5.53. The molecule has 26 heavy (non-hydrogen) atoms. The second-order valence-electron chi connectivity index (χ2n) is 7.21. The van der Waals surface area contributed by atoms with Gasteiger partial charge in [0.05, 0.1) is 0 Å². The van der Waals surface area contributed by atoms with Crippen molar-refractivity contribution in [2.75, 3.05) is 58.3 Å². The number of likely N-dealkylation sites (N-methyl/N-ethyl adjacent to an activating group) is 1. The first-order chi connectivity index (χ1) is 12.7. The third kappa shape index (κ3) is 4.85. The van der Waals surface area contributed by atoms with Gasteiger partial charge in [-0.1, -0.05) is 19.8 Å². The number of nitrogens with one attached hydrogen (secondary N) is 1. The Morgan fingerprint density at radius 1 is 1.27 bits per heavy atom. The minimum absolute atomic E-state index is 0.780. The lowest BCUT2D eigenvalue weighted by molar-refractivity contribution is 0.248. The van der Waals surface area contributed by atoms with Crippen LogP contribution < -0.4 is 10.2 Å². The Bertz CT molecular complexity index is 574. The molecule has 2 heterocycles. The number of hydrogen-bond acceptors (Lipinski definition) is 6. The van der Waals surface area contributed by atoms with Crippen molar-refractivity contribution in [3.8, 4) is 0 Å². The molecule has 0 amide bonds. The van der Waals surface area contributed by atoms with E-state index >= 15 is 0 Å². The van der Waals surface area contributed by atoms with Crippen LogP contribution in [-0.4, -0.2) is 84.5 Å². The number of guanidine groups is 1. The summed E-state index contributed by atoms with van der Waals surface area (Å²) in [6.45, 7) is 8.02. The Hall–Kier alpha value is -1.41. The molecular weight excluding hydrogens is 346 g/mol. The summed E-state index contributed by atoms with van der Waals surface area (Å²) in [5.41, 5.74) is 0. The van der Waals surface area contributed by atoms with Crippen LogP contribution in [0.2, 0.25) is 0 Å². The van der Waals surface area contributed by atoms with Gasteiger partial charge in [-0.3, -0.25) is 4.99 Å². The van der Waals surface area contributed by atoms with Crippen molar-refractivity contribution < 1.29 is 0 Å². The second kappa shape index (κ2) is 9.50. The summed E-state index contributed by atoms with van der Waals surface area (Å²) < 4.78 is 4.40. The first kappa shape index (κ1) is 19.4. The molecule has 1 aliphatic carbocycles. The SMILES string of the molecule is CCc1nsc(N2CCN(C(=NC)NCCN(C)C3CCCC3)CC2)n1. The molecule has 1 aromatic heterocycles. The molecule has 1 N–H and O–H groups in total. The number of nitrogens with zero attached hydrogens (tertiary/aromatic N) is 6. The van der Waals surface area contributed by atoms with Gasteiger partial charge in [0.1, 0.15) is 5.82 Å². The van der Waals surface area contributed by atoms with E-state index in [0.717, 1.165) is 68.6 Å². The highest BCUT2D eigenvalue weighted by atomic mass is 32.1. The van der Waals surface area contributed by atoms with E-state index in [4.69, 9.17) is 0 Å². The van der Waals surface area contributed by atoms with E-state index in [1.807, 2.05) is 7.05 Å². The molecule has 1 aromatic rings. The predicted molar refractivity (Wildman–Crippen MR) is 109 cm³/mol. The van der Waals surface area contributed by atoms with E-state index < -0.39 is 0 Å². The maximum Gasteiger partial charge on any atom is 0.205 e. The van der Waals surface area contributed by atoms with Gasteiger partial charge in [0.15, 0.2) is 5.96 Å². The molecule has 1 saturated carbocycles. The number of aryl methyl sites for hydroxylation is 1. The molecule has 146 valence electrons. The molecule has 8 heteroatoms. The van der Waals surface area contributed by atoms with E-state index in [1.54, 1.807) is 0 Å². The summed E-state index contributed by atoms with van der Waals surface area (Å²) >= 11 is 1.52. The van der Waals surface area contributed by atoms with Gasteiger partial charge < -0.3 is 20.0 Å². The fourth-order valence-corrected chi connectivity index (χ4v) is 4.63. The molecule has 2 fully saturated rings. The van der Waals surface area contributed by atoms with Gasteiger partial charge in [0.25, 0.3) is 0 Å². The van der Waals surface area contributed by atoms with E-state index in [2.05, 4.69) is 48.3 Å². The van der Waals surface area contributed by atoms with Gasteiger partial charge in [0, 0.05) is 70.3 Å². The Morgan fingerprint density at radius 2 is 2.00 bits per heavy atom. The second-order valence-corrected chi connectivity index (χ2v) is 7.94. The molecule has 3 rings (SSSR count). The normalized spacial score (nSPS) is 19.6. The van der Waals surface area contributed by atoms with E-state index in [0.29, 0.717) is 0 Å². The van der Waals surface area contributed by atoms with E-state index in [1.165, 1.54) is 37.2 Å². The average molecular weight is 380 g/mol. The molecule has 1 aliphatic heterocycles. The van der Waals surface area contributed by atoms with Gasteiger partial charge in [-0.2, -0.15) is 4.37 Å². The maximum atomic E-state index is 4.61. The van der Waals surface area contributed by atoms with Crippen molar-refractivity contribution >= 4 is 22.6 Å². The van der Waals surface area contributed by atoms with Crippen molar-refractivity contribution in [1.29, 1.82) is 0 Å². The summed E-state index contributed by atoms with van der Waals surface area (Å²) in [4.78, 5) is 16.3. The lowest BCUT2D eigenvalue weighted by atomic mass is 10.2. The summed E-state index contributed by atoms with van der Waals surface area (Å²) in [7, 11) is 4.14. The van der Waals surface area contributed by atoms with Crippen LogP contribution in [-0.2, 0) is 6.42 Å². The molecule has 0 spiro atoms. The number of aromatic nitrogens is 2. The van der Waals surface area contributed by atoms with E-state index in [9.17, 15) is 0 Å². The van der Waals surface area contributed by atoms with Gasteiger partial charge in [0.2, 0.25) is 5.13 Å². The van der Waals surface area contributed by atoms with Crippen LogP contribution in [0.25, 0.3) is 0 Å². The zero-order valence-corrected chi connectivity index (χ0v) is 17.3. The van der Waals surface area contributed by atoms with Crippen molar-refractivity contribution in [2.45, 2.75) is 45.1 Å². The summed E-state index contributed by atoms with van der Waals surface area (Å²) in [6.07, 6.45) is 6.41. The molecule has 0 aromatic carbocycles. The van der Waals surface area contributed by atoms with Crippen LogP contribution in [0.3, 0.4) is 0 Å². The molecule has 0 unspecified atom stereocenters. The largest absolute Gasteiger partial charge is 0.355 e. The van der Waals surface area contributed by atoms with E-state index in [-0.39, 0.29) is 0 Å². The zero-order valence-electron chi connectivity index (χ0n) is 16.4. The van der Waals surface area contributed by atoms with Crippen LogP contribution in [0.15, 0.2) is 4.99 Å². The number of aliphatic imine (C=N–C) groups is 1. The summed E-state index contributed by atoms with van der Waals surface area (Å²) in [6, 6.07) is 0.780. The van der Waals surface area contributed by atoms with Crippen LogP contribution in [0.1, 0.15) is 38.4 Å². The van der Waals surface area contributed by atoms with Crippen molar-refractivity contribution in [2.24, 2.45) is 4.99 Å². The van der Waals surface area contributed by atoms with Crippen LogP contribution in [0.5, 0.6) is 0 Å². The van der Waals surface area contributed by atoms with Gasteiger partial charge >= 0.3 is 0 Å². The summed E-state index contributed by atoms with van der Waals surface area (Å²) in [5.74, 6) is 1.98.